The van der Waals surface area contributed by atoms with Gasteiger partial charge >= 0.3 is 0 Å². The van der Waals surface area contributed by atoms with Crippen LogP contribution in [0, 0.1) is 10.1 Å². The van der Waals surface area contributed by atoms with Gasteiger partial charge in [0.2, 0.25) is 5.91 Å². The zero-order chi connectivity index (χ0) is 15.1. The average molecular weight is 283 g/mol. The summed E-state index contributed by atoms with van der Waals surface area (Å²) in [7, 11) is 0. The van der Waals surface area contributed by atoms with Crippen molar-refractivity contribution in [1.29, 1.82) is 0 Å². The number of benzene rings is 1. The molecule has 21 heavy (non-hydrogen) atoms. The summed E-state index contributed by atoms with van der Waals surface area (Å²) in [5, 5.41) is 13.4. The molecule has 0 aliphatic rings. The predicted octanol–water partition coefficient (Wildman–Crippen LogP) is 2.32. The van der Waals surface area contributed by atoms with Gasteiger partial charge in [-0.1, -0.05) is 12.1 Å². The number of pyridine rings is 1. The van der Waals surface area contributed by atoms with Crippen molar-refractivity contribution in [2.24, 2.45) is 0 Å². The van der Waals surface area contributed by atoms with Crippen molar-refractivity contribution in [3.63, 3.8) is 0 Å². The normalized spacial score (nSPS) is 10.5. The Balaban J connectivity index is 1.93. The second-order valence-electron chi connectivity index (χ2n) is 4.26. The first-order valence-electron chi connectivity index (χ1n) is 6.24. The van der Waals surface area contributed by atoms with Gasteiger partial charge in [0.25, 0.3) is 5.69 Å². The van der Waals surface area contributed by atoms with E-state index in [4.69, 9.17) is 0 Å². The van der Waals surface area contributed by atoms with Crippen LogP contribution >= 0.6 is 0 Å². The number of nitro benzene ring substituents is 1. The molecule has 2 aromatic rings. The molecule has 1 amide bonds. The first-order chi connectivity index (χ1) is 10.1. The standard InChI is InChI=1S/C15H13N3O3/c19-15(17-11-13-6-8-16-9-7-13)5-4-12-2-1-3-14(10-12)18(20)21/h1-10H,11H2,(H,17,19)/b5-4+. The van der Waals surface area contributed by atoms with E-state index >= 15 is 0 Å². The number of aromatic nitrogens is 1. The molecular weight excluding hydrogens is 270 g/mol. The maximum atomic E-state index is 11.7. The lowest BCUT2D eigenvalue weighted by atomic mass is 10.2. The van der Waals surface area contributed by atoms with Gasteiger partial charge in [0, 0.05) is 37.1 Å². The topological polar surface area (TPSA) is 85.1 Å². The minimum absolute atomic E-state index is 0.00524. The number of carbonyl (C=O) groups is 1. The number of hydrogen-bond acceptors (Lipinski definition) is 4. The van der Waals surface area contributed by atoms with Gasteiger partial charge in [0.1, 0.15) is 0 Å². The van der Waals surface area contributed by atoms with Crippen LogP contribution in [0.2, 0.25) is 0 Å². The molecule has 0 aliphatic carbocycles. The van der Waals surface area contributed by atoms with Crippen molar-refractivity contribution < 1.29 is 9.72 Å². The summed E-state index contributed by atoms with van der Waals surface area (Å²) >= 11 is 0. The Morgan fingerprint density at radius 1 is 1.29 bits per heavy atom. The van der Waals surface area contributed by atoms with Crippen LogP contribution in [0.25, 0.3) is 6.08 Å². The Bertz CT molecular complexity index is 669. The quantitative estimate of drug-likeness (QED) is 0.518. The van der Waals surface area contributed by atoms with E-state index < -0.39 is 4.92 Å². The molecule has 0 bridgehead atoms. The highest BCUT2D eigenvalue weighted by Gasteiger charge is 2.04. The van der Waals surface area contributed by atoms with E-state index in [9.17, 15) is 14.9 Å². The van der Waals surface area contributed by atoms with E-state index in [0.29, 0.717) is 12.1 Å². The molecule has 1 heterocycles. The van der Waals surface area contributed by atoms with Crippen LogP contribution in [0.5, 0.6) is 0 Å². The van der Waals surface area contributed by atoms with Gasteiger partial charge in [-0.3, -0.25) is 19.9 Å². The fraction of sp³-hybridized carbons (Fsp3) is 0.0667. The molecule has 6 nitrogen and oxygen atoms in total. The van der Waals surface area contributed by atoms with Crippen LogP contribution < -0.4 is 5.32 Å². The van der Waals surface area contributed by atoms with Crippen molar-refractivity contribution in [1.82, 2.24) is 10.3 Å². The summed E-state index contributed by atoms with van der Waals surface area (Å²) in [6, 6.07) is 9.70. The lowest BCUT2D eigenvalue weighted by Gasteiger charge is -2.01. The molecule has 1 aromatic carbocycles. The second-order valence-corrected chi connectivity index (χ2v) is 4.26. The number of nitrogens with one attached hydrogen (secondary N) is 1. The molecule has 0 unspecified atom stereocenters. The number of hydrogen-bond donors (Lipinski definition) is 1. The van der Waals surface area contributed by atoms with Crippen LogP contribution in [0.3, 0.4) is 0 Å². The van der Waals surface area contributed by atoms with E-state index in [1.54, 1.807) is 24.5 Å². The van der Waals surface area contributed by atoms with Crippen LogP contribution in [0.1, 0.15) is 11.1 Å². The third-order valence-electron chi connectivity index (χ3n) is 2.72. The lowest BCUT2D eigenvalue weighted by molar-refractivity contribution is -0.384. The van der Waals surface area contributed by atoms with E-state index in [1.165, 1.54) is 24.3 Å². The predicted molar refractivity (Wildman–Crippen MR) is 78.2 cm³/mol. The highest BCUT2D eigenvalue weighted by atomic mass is 16.6. The zero-order valence-electron chi connectivity index (χ0n) is 11.1. The summed E-state index contributed by atoms with van der Waals surface area (Å²) in [6.45, 7) is 0.403. The Hall–Kier alpha value is -3.02. The number of carbonyl (C=O) groups excluding carboxylic acids is 1. The summed E-state index contributed by atoms with van der Waals surface area (Å²) < 4.78 is 0. The van der Waals surface area contributed by atoms with E-state index in [0.717, 1.165) is 5.56 Å². The van der Waals surface area contributed by atoms with Crippen LogP contribution in [0.15, 0.2) is 54.9 Å². The van der Waals surface area contributed by atoms with Crippen LogP contribution in [-0.4, -0.2) is 15.8 Å². The molecule has 0 radical (unpaired) electrons. The first-order valence-corrected chi connectivity index (χ1v) is 6.24. The molecule has 0 atom stereocenters. The van der Waals surface area contributed by atoms with Crippen molar-refractivity contribution in [3.8, 4) is 0 Å². The molecule has 0 saturated heterocycles. The van der Waals surface area contributed by atoms with Crippen molar-refractivity contribution in [3.05, 3.63) is 76.1 Å². The van der Waals surface area contributed by atoms with Gasteiger partial charge in [0.05, 0.1) is 4.92 Å². The molecule has 1 aromatic heterocycles. The molecule has 0 saturated carbocycles. The van der Waals surface area contributed by atoms with Gasteiger partial charge in [-0.25, -0.2) is 0 Å². The molecule has 6 heteroatoms. The molecule has 1 N–H and O–H groups in total. The molecule has 0 spiro atoms. The monoisotopic (exact) mass is 283 g/mol. The number of amides is 1. The van der Waals surface area contributed by atoms with Gasteiger partial charge in [-0.2, -0.15) is 0 Å². The minimum atomic E-state index is -0.471. The lowest BCUT2D eigenvalue weighted by Crippen LogP contribution is -2.20. The Morgan fingerprint density at radius 3 is 2.76 bits per heavy atom. The smallest absolute Gasteiger partial charge is 0.270 e. The molecule has 2 rings (SSSR count). The third kappa shape index (κ3) is 4.54. The maximum absolute atomic E-state index is 11.7. The Morgan fingerprint density at radius 2 is 2.05 bits per heavy atom. The number of nitro groups is 1. The Labute approximate surface area is 121 Å². The van der Waals surface area contributed by atoms with Crippen molar-refractivity contribution in [2.45, 2.75) is 6.54 Å². The summed E-state index contributed by atoms with van der Waals surface area (Å²) in [4.78, 5) is 25.7. The minimum Gasteiger partial charge on any atom is -0.348 e. The SMILES string of the molecule is O=C(/C=C/c1cccc([N+](=O)[O-])c1)NCc1ccncc1. The van der Waals surface area contributed by atoms with Gasteiger partial charge in [-0.05, 0) is 29.3 Å². The molecule has 0 aliphatic heterocycles. The number of nitrogens with zero attached hydrogens (tertiary/aromatic N) is 2. The summed E-state index contributed by atoms with van der Waals surface area (Å²) in [6.07, 6.45) is 6.19. The maximum Gasteiger partial charge on any atom is 0.270 e. The van der Waals surface area contributed by atoms with Gasteiger partial charge < -0.3 is 5.32 Å². The summed E-state index contributed by atoms with van der Waals surface area (Å²) in [5.41, 5.74) is 1.54. The fourth-order valence-electron chi connectivity index (χ4n) is 1.66. The van der Waals surface area contributed by atoms with E-state index in [2.05, 4.69) is 10.3 Å². The third-order valence-corrected chi connectivity index (χ3v) is 2.72. The molecule has 0 fully saturated rings. The number of rotatable bonds is 5. The zero-order valence-corrected chi connectivity index (χ0v) is 11.1. The largest absolute Gasteiger partial charge is 0.348 e. The highest BCUT2D eigenvalue weighted by molar-refractivity contribution is 5.91. The van der Waals surface area contributed by atoms with Crippen molar-refractivity contribution in [2.75, 3.05) is 0 Å². The van der Waals surface area contributed by atoms with Crippen LogP contribution in [0.4, 0.5) is 5.69 Å². The van der Waals surface area contributed by atoms with Gasteiger partial charge in [0.15, 0.2) is 0 Å². The number of non-ortho nitro benzene ring substituents is 1. The van der Waals surface area contributed by atoms with Gasteiger partial charge in [-0.15, -0.1) is 0 Å². The fourth-order valence-corrected chi connectivity index (χ4v) is 1.66. The second kappa shape index (κ2) is 6.95. The van der Waals surface area contributed by atoms with Crippen molar-refractivity contribution >= 4 is 17.7 Å². The van der Waals surface area contributed by atoms with E-state index in [1.807, 2.05) is 12.1 Å². The average Bonchev–Trinajstić information content (AvgIpc) is 2.52. The van der Waals surface area contributed by atoms with Crippen LogP contribution in [-0.2, 0) is 11.3 Å². The molecular formula is C15H13N3O3. The van der Waals surface area contributed by atoms with E-state index in [-0.39, 0.29) is 11.6 Å². The summed E-state index contributed by atoms with van der Waals surface area (Å²) in [5.74, 6) is -0.265. The highest BCUT2D eigenvalue weighted by Crippen LogP contribution is 2.13. The molecule has 106 valence electrons. The first kappa shape index (κ1) is 14.4. The Kier molecular flexibility index (Phi) is 4.76.